The lowest BCUT2D eigenvalue weighted by atomic mass is 10.3. The smallest absolute Gasteiger partial charge is 0.258 e. The van der Waals surface area contributed by atoms with Crippen LogP contribution >= 0.6 is 11.8 Å². The molecule has 26 heavy (non-hydrogen) atoms. The zero-order valence-electron chi connectivity index (χ0n) is 13.4. The predicted octanol–water partition coefficient (Wildman–Crippen LogP) is 3.81. The molecule has 1 aliphatic heterocycles. The first-order valence-electron chi connectivity index (χ1n) is 7.70. The summed E-state index contributed by atoms with van der Waals surface area (Å²) in [6.07, 6.45) is 1.51. The number of nitro groups is 1. The van der Waals surface area contributed by atoms with Crippen LogP contribution in [0.3, 0.4) is 0 Å². The van der Waals surface area contributed by atoms with Crippen LogP contribution in [0.4, 0.5) is 14.5 Å². The summed E-state index contributed by atoms with van der Waals surface area (Å²) in [6.45, 7) is 0.781. The van der Waals surface area contributed by atoms with Crippen molar-refractivity contribution in [2.24, 2.45) is 0 Å². The summed E-state index contributed by atoms with van der Waals surface area (Å²) < 4.78 is 52.8. The van der Waals surface area contributed by atoms with E-state index in [0.717, 1.165) is 42.8 Å². The highest BCUT2D eigenvalue weighted by Gasteiger charge is 2.29. The summed E-state index contributed by atoms with van der Waals surface area (Å²) in [5.74, 6) is -2.08. The van der Waals surface area contributed by atoms with Crippen molar-refractivity contribution < 1.29 is 22.1 Å². The number of nitro benzene ring substituents is 1. The molecule has 1 saturated heterocycles. The van der Waals surface area contributed by atoms with Crippen molar-refractivity contribution in [2.45, 2.75) is 27.5 Å². The fraction of sp³-hybridized carbons (Fsp3) is 0.250. The topological polar surface area (TPSA) is 80.5 Å². The maximum atomic E-state index is 13.3. The molecule has 1 heterocycles. The minimum Gasteiger partial charge on any atom is -0.258 e. The Labute approximate surface area is 153 Å². The van der Waals surface area contributed by atoms with Crippen LogP contribution in [-0.2, 0) is 10.0 Å². The van der Waals surface area contributed by atoms with Crippen LogP contribution in [0.5, 0.6) is 0 Å². The van der Waals surface area contributed by atoms with Gasteiger partial charge in [0.15, 0.2) is 11.6 Å². The number of halogens is 2. The second kappa shape index (κ2) is 7.29. The van der Waals surface area contributed by atoms with Crippen molar-refractivity contribution in [1.82, 2.24) is 4.31 Å². The molecule has 0 saturated carbocycles. The van der Waals surface area contributed by atoms with E-state index in [1.54, 1.807) is 0 Å². The average Bonchev–Trinajstić information content (AvgIpc) is 3.13. The molecule has 0 unspecified atom stereocenters. The molecule has 0 atom stereocenters. The van der Waals surface area contributed by atoms with Gasteiger partial charge in [0.05, 0.1) is 14.7 Å². The minimum absolute atomic E-state index is 0.140. The van der Waals surface area contributed by atoms with Gasteiger partial charge in [-0.1, -0.05) is 11.8 Å². The molecule has 2 aromatic carbocycles. The van der Waals surface area contributed by atoms with Crippen molar-refractivity contribution in [1.29, 1.82) is 0 Å². The lowest BCUT2D eigenvalue weighted by Crippen LogP contribution is -2.27. The summed E-state index contributed by atoms with van der Waals surface area (Å²) in [4.78, 5) is 10.9. The zero-order chi connectivity index (χ0) is 18.9. The number of rotatable bonds is 5. The first kappa shape index (κ1) is 18.7. The van der Waals surface area contributed by atoms with Gasteiger partial charge >= 0.3 is 0 Å². The molecular formula is C16H14F2N2O4S2. The molecule has 0 radical (unpaired) electrons. The van der Waals surface area contributed by atoms with E-state index in [9.17, 15) is 27.3 Å². The van der Waals surface area contributed by atoms with Gasteiger partial charge in [0.25, 0.3) is 5.69 Å². The van der Waals surface area contributed by atoms with Crippen LogP contribution in [0.2, 0.25) is 0 Å². The summed E-state index contributed by atoms with van der Waals surface area (Å²) in [5.41, 5.74) is -0.403. The average molecular weight is 400 g/mol. The maximum absolute atomic E-state index is 13.3. The van der Waals surface area contributed by atoms with Crippen molar-refractivity contribution in [2.75, 3.05) is 13.1 Å². The van der Waals surface area contributed by atoms with Crippen LogP contribution in [0.15, 0.2) is 51.1 Å². The standard InChI is InChI=1S/C16H14F2N2O4S2/c17-13-5-3-11(9-14(13)18)25-16-6-4-12(10-15(16)20(21)22)26(23,24)19-7-1-2-8-19/h3-6,9-10H,1-2,7-8H2. The van der Waals surface area contributed by atoms with Gasteiger partial charge in [0.2, 0.25) is 10.0 Å². The van der Waals surface area contributed by atoms with E-state index < -0.39 is 32.3 Å². The monoisotopic (exact) mass is 400 g/mol. The van der Waals surface area contributed by atoms with Crippen LogP contribution < -0.4 is 0 Å². The first-order chi connectivity index (χ1) is 12.3. The molecule has 0 N–H and O–H groups in total. The molecular weight excluding hydrogens is 386 g/mol. The van der Waals surface area contributed by atoms with E-state index in [0.29, 0.717) is 13.1 Å². The second-order valence-corrected chi connectivity index (χ2v) is 8.73. The Morgan fingerprint density at radius 2 is 1.73 bits per heavy atom. The molecule has 1 fully saturated rings. The maximum Gasteiger partial charge on any atom is 0.284 e. The minimum atomic E-state index is -3.79. The Balaban J connectivity index is 1.97. The van der Waals surface area contributed by atoms with Crippen LogP contribution in [0, 0.1) is 21.7 Å². The van der Waals surface area contributed by atoms with Crippen molar-refractivity contribution >= 4 is 27.5 Å². The third-order valence-corrected chi connectivity index (χ3v) is 6.90. The van der Waals surface area contributed by atoms with Gasteiger partial charge in [-0.05, 0) is 43.2 Å². The first-order valence-corrected chi connectivity index (χ1v) is 9.96. The van der Waals surface area contributed by atoms with Gasteiger partial charge < -0.3 is 0 Å². The van der Waals surface area contributed by atoms with Gasteiger partial charge in [-0.25, -0.2) is 17.2 Å². The van der Waals surface area contributed by atoms with E-state index in [4.69, 9.17) is 0 Å². The molecule has 2 aromatic rings. The summed E-state index contributed by atoms with van der Waals surface area (Å²) >= 11 is 0.860. The van der Waals surface area contributed by atoms with Crippen LogP contribution in [-0.4, -0.2) is 30.7 Å². The lowest BCUT2D eigenvalue weighted by Gasteiger charge is -2.15. The predicted molar refractivity (Wildman–Crippen MR) is 91.6 cm³/mol. The molecule has 0 aromatic heterocycles. The van der Waals surface area contributed by atoms with Gasteiger partial charge in [-0.2, -0.15) is 4.31 Å². The molecule has 6 nitrogen and oxygen atoms in total. The number of hydrogen-bond donors (Lipinski definition) is 0. The van der Waals surface area contributed by atoms with E-state index in [1.807, 2.05) is 0 Å². The lowest BCUT2D eigenvalue weighted by molar-refractivity contribution is -0.388. The van der Waals surface area contributed by atoms with Crippen molar-refractivity contribution in [3.05, 3.63) is 58.1 Å². The van der Waals surface area contributed by atoms with E-state index >= 15 is 0 Å². The van der Waals surface area contributed by atoms with Crippen molar-refractivity contribution in [3.63, 3.8) is 0 Å². The summed E-state index contributed by atoms with van der Waals surface area (Å²) in [5, 5.41) is 11.4. The second-order valence-electron chi connectivity index (χ2n) is 5.68. The Hall–Kier alpha value is -2.04. The highest BCUT2D eigenvalue weighted by Crippen LogP contribution is 2.37. The molecule has 1 aliphatic rings. The van der Waals surface area contributed by atoms with Crippen LogP contribution in [0.1, 0.15) is 12.8 Å². The molecule has 3 rings (SSSR count). The SMILES string of the molecule is O=[N+]([O-])c1cc(S(=O)(=O)N2CCCC2)ccc1Sc1ccc(F)c(F)c1. The van der Waals surface area contributed by atoms with E-state index in [2.05, 4.69) is 0 Å². The normalized spacial score (nSPS) is 15.3. The molecule has 0 spiro atoms. The number of benzene rings is 2. The van der Waals surface area contributed by atoms with Gasteiger partial charge in [-0.3, -0.25) is 10.1 Å². The highest BCUT2D eigenvalue weighted by atomic mass is 32.2. The number of hydrogen-bond acceptors (Lipinski definition) is 5. The molecule has 0 aliphatic carbocycles. The zero-order valence-corrected chi connectivity index (χ0v) is 15.0. The van der Waals surface area contributed by atoms with Gasteiger partial charge in [-0.15, -0.1) is 0 Å². The third kappa shape index (κ3) is 3.71. The molecule has 0 amide bonds. The molecule has 10 heteroatoms. The fourth-order valence-electron chi connectivity index (χ4n) is 2.63. The third-order valence-electron chi connectivity index (χ3n) is 3.95. The molecule has 0 bridgehead atoms. The Kier molecular flexibility index (Phi) is 5.26. The van der Waals surface area contributed by atoms with E-state index in [1.165, 1.54) is 22.5 Å². The molecule has 138 valence electrons. The van der Waals surface area contributed by atoms with Gasteiger partial charge in [0.1, 0.15) is 0 Å². The highest BCUT2D eigenvalue weighted by molar-refractivity contribution is 7.99. The number of sulfonamides is 1. The Morgan fingerprint density at radius 3 is 2.35 bits per heavy atom. The van der Waals surface area contributed by atoms with Gasteiger partial charge in [0, 0.05) is 24.1 Å². The summed E-state index contributed by atoms with van der Waals surface area (Å²) in [6, 6.07) is 6.77. The van der Waals surface area contributed by atoms with E-state index in [-0.39, 0.29) is 14.7 Å². The number of nitrogens with zero attached hydrogens (tertiary/aromatic N) is 2. The Morgan fingerprint density at radius 1 is 1.04 bits per heavy atom. The Bertz CT molecular complexity index is 961. The quantitative estimate of drug-likeness (QED) is 0.563. The van der Waals surface area contributed by atoms with Crippen LogP contribution in [0.25, 0.3) is 0 Å². The fourth-order valence-corrected chi connectivity index (χ4v) is 5.10. The summed E-state index contributed by atoms with van der Waals surface area (Å²) in [7, 11) is -3.79. The largest absolute Gasteiger partial charge is 0.284 e. The van der Waals surface area contributed by atoms with Crippen molar-refractivity contribution in [3.8, 4) is 0 Å².